The van der Waals surface area contributed by atoms with Crippen LogP contribution >= 0.6 is 11.6 Å². The molecule has 0 aliphatic rings. The van der Waals surface area contributed by atoms with Crippen LogP contribution in [0.25, 0.3) is 0 Å². The van der Waals surface area contributed by atoms with E-state index in [9.17, 15) is 4.79 Å². The molecule has 0 radical (unpaired) electrons. The molecule has 1 aromatic carbocycles. The third kappa shape index (κ3) is 1.70. The Bertz CT molecular complexity index is 389. The van der Waals surface area contributed by atoms with Crippen LogP contribution in [0.15, 0.2) is 23.2 Å². The first-order chi connectivity index (χ1) is 5.77. The van der Waals surface area contributed by atoms with Crippen molar-refractivity contribution in [2.75, 3.05) is 0 Å². The summed E-state index contributed by atoms with van der Waals surface area (Å²) < 4.78 is 0. The summed E-state index contributed by atoms with van der Waals surface area (Å²) in [5.74, 6) is 0. The number of isocyanates is 1. The highest BCUT2D eigenvalue weighted by Crippen LogP contribution is 2.24. The smallest absolute Gasteiger partial charge is 0.211 e. The molecule has 0 saturated heterocycles. The van der Waals surface area contributed by atoms with Crippen LogP contribution in [-0.4, -0.2) is 6.08 Å². The van der Waals surface area contributed by atoms with Crippen molar-refractivity contribution in [1.29, 1.82) is 5.26 Å². The summed E-state index contributed by atoms with van der Waals surface area (Å²) in [5, 5.41) is 8.82. The van der Waals surface area contributed by atoms with Gasteiger partial charge < -0.3 is 0 Å². The van der Waals surface area contributed by atoms with Gasteiger partial charge in [-0.15, -0.1) is 0 Å². The predicted molar refractivity (Wildman–Crippen MR) is 43.9 cm³/mol. The van der Waals surface area contributed by atoms with Gasteiger partial charge in [0.2, 0.25) is 6.08 Å². The maximum absolute atomic E-state index is 9.89. The van der Waals surface area contributed by atoms with E-state index in [1.54, 1.807) is 6.07 Å². The maximum Gasteiger partial charge on any atom is 0.240 e. The molecule has 0 aliphatic heterocycles. The second-order valence-electron chi connectivity index (χ2n) is 1.98. The molecule has 12 heavy (non-hydrogen) atoms. The van der Waals surface area contributed by atoms with Crippen molar-refractivity contribution in [2.45, 2.75) is 0 Å². The number of carbonyl (C=O) groups excluding carboxylic acids is 1. The summed E-state index contributed by atoms with van der Waals surface area (Å²) >= 11 is 5.65. The molecular weight excluding hydrogens is 176 g/mol. The van der Waals surface area contributed by atoms with E-state index in [4.69, 9.17) is 16.9 Å². The van der Waals surface area contributed by atoms with Gasteiger partial charge in [0.25, 0.3) is 0 Å². The minimum atomic E-state index is 0.269. The molecule has 0 aromatic heterocycles. The summed E-state index contributed by atoms with van der Waals surface area (Å²) in [6.45, 7) is 0. The molecule has 0 amide bonds. The largest absolute Gasteiger partial charge is 0.240 e. The molecule has 3 nitrogen and oxygen atoms in total. The van der Waals surface area contributed by atoms with Crippen molar-refractivity contribution in [3.8, 4) is 6.07 Å². The van der Waals surface area contributed by atoms with E-state index in [1.165, 1.54) is 18.2 Å². The molecule has 0 bridgehead atoms. The minimum absolute atomic E-state index is 0.269. The molecule has 0 saturated carbocycles. The molecule has 1 rings (SSSR count). The molecule has 0 unspecified atom stereocenters. The van der Waals surface area contributed by atoms with Crippen molar-refractivity contribution < 1.29 is 4.79 Å². The summed E-state index contributed by atoms with van der Waals surface area (Å²) in [5.41, 5.74) is 0.680. The first kappa shape index (κ1) is 8.48. The number of hydrogen-bond acceptors (Lipinski definition) is 3. The van der Waals surface area contributed by atoms with Crippen molar-refractivity contribution in [3.63, 3.8) is 0 Å². The number of halogens is 1. The van der Waals surface area contributed by atoms with Crippen LogP contribution in [0.3, 0.4) is 0 Å². The minimum Gasteiger partial charge on any atom is -0.211 e. The van der Waals surface area contributed by atoms with Crippen LogP contribution in [0.2, 0.25) is 5.02 Å². The molecular formula is C8H3ClN2O. The van der Waals surface area contributed by atoms with E-state index >= 15 is 0 Å². The zero-order valence-electron chi connectivity index (χ0n) is 5.91. The van der Waals surface area contributed by atoms with Gasteiger partial charge in [0.1, 0.15) is 0 Å². The highest BCUT2D eigenvalue weighted by Gasteiger charge is 1.99. The van der Waals surface area contributed by atoms with Crippen molar-refractivity contribution in [3.05, 3.63) is 28.8 Å². The summed E-state index contributed by atoms with van der Waals surface area (Å²) in [4.78, 5) is 13.2. The molecule has 0 atom stereocenters. The Hall–Kier alpha value is -1.62. The first-order valence-corrected chi connectivity index (χ1v) is 3.43. The molecule has 0 spiro atoms. The molecule has 0 heterocycles. The predicted octanol–water partition coefficient (Wildman–Crippen LogP) is 2.18. The second kappa shape index (κ2) is 3.68. The SMILES string of the molecule is N#Cc1ccc(Cl)c(N=C=O)c1. The topological polar surface area (TPSA) is 53.2 Å². The van der Waals surface area contributed by atoms with Crippen LogP contribution in [0, 0.1) is 11.3 Å². The van der Waals surface area contributed by atoms with Crippen LogP contribution in [-0.2, 0) is 4.79 Å². The van der Waals surface area contributed by atoms with Gasteiger partial charge in [0.05, 0.1) is 22.3 Å². The standard InChI is InChI=1S/C8H3ClN2O/c9-7-2-1-6(4-10)3-8(7)11-5-12/h1-3H. The second-order valence-corrected chi connectivity index (χ2v) is 2.39. The molecule has 1 aromatic rings. The Morgan fingerprint density at radius 2 is 2.25 bits per heavy atom. The van der Waals surface area contributed by atoms with Gasteiger partial charge in [-0.3, -0.25) is 0 Å². The van der Waals surface area contributed by atoms with Crippen molar-refractivity contribution in [2.24, 2.45) is 4.99 Å². The zero-order chi connectivity index (χ0) is 8.97. The Morgan fingerprint density at radius 1 is 1.50 bits per heavy atom. The molecule has 58 valence electrons. The lowest BCUT2D eigenvalue weighted by Gasteiger charge is -1.94. The number of rotatable bonds is 1. The van der Waals surface area contributed by atoms with Gasteiger partial charge in [-0.1, -0.05) is 11.6 Å². The highest BCUT2D eigenvalue weighted by atomic mass is 35.5. The van der Waals surface area contributed by atoms with Gasteiger partial charge >= 0.3 is 0 Å². The molecule has 0 N–H and O–H groups in total. The maximum atomic E-state index is 9.89. The van der Waals surface area contributed by atoms with E-state index in [-0.39, 0.29) is 5.69 Å². The van der Waals surface area contributed by atoms with E-state index in [0.29, 0.717) is 10.6 Å². The van der Waals surface area contributed by atoms with Crippen LogP contribution < -0.4 is 0 Å². The third-order valence-corrected chi connectivity index (χ3v) is 1.56. The van der Waals surface area contributed by atoms with Gasteiger partial charge in [-0.25, -0.2) is 4.79 Å². The number of aliphatic imine (C=N–C) groups is 1. The van der Waals surface area contributed by atoms with Crippen molar-refractivity contribution >= 4 is 23.4 Å². The lowest BCUT2D eigenvalue weighted by molar-refractivity contribution is 0.565. The third-order valence-electron chi connectivity index (χ3n) is 1.24. The van der Waals surface area contributed by atoms with Gasteiger partial charge in [0.15, 0.2) is 0 Å². The lowest BCUT2D eigenvalue weighted by atomic mass is 10.2. The summed E-state index contributed by atoms with van der Waals surface area (Å²) in [7, 11) is 0. The fourth-order valence-electron chi connectivity index (χ4n) is 0.717. The number of nitrogens with zero attached hydrogens (tertiary/aromatic N) is 2. The Labute approximate surface area is 73.9 Å². The number of benzene rings is 1. The van der Waals surface area contributed by atoms with Gasteiger partial charge in [-0.2, -0.15) is 10.3 Å². The van der Waals surface area contributed by atoms with Gasteiger partial charge in [-0.05, 0) is 18.2 Å². The van der Waals surface area contributed by atoms with E-state index in [1.807, 2.05) is 6.07 Å². The van der Waals surface area contributed by atoms with Crippen molar-refractivity contribution in [1.82, 2.24) is 0 Å². The summed E-state index contributed by atoms with van der Waals surface area (Å²) in [6.07, 6.45) is 1.36. The zero-order valence-corrected chi connectivity index (χ0v) is 6.67. The van der Waals surface area contributed by atoms with Crippen LogP contribution in [0.1, 0.15) is 5.56 Å². The van der Waals surface area contributed by atoms with E-state index < -0.39 is 0 Å². The van der Waals surface area contributed by atoms with Crippen LogP contribution in [0.5, 0.6) is 0 Å². The molecule has 0 aliphatic carbocycles. The Balaban J connectivity index is 3.28. The quantitative estimate of drug-likeness (QED) is 0.489. The molecule has 0 fully saturated rings. The highest BCUT2D eigenvalue weighted by molar-refractivity contribution is 6.33. The molecule has 4 heteroatoms. The average Bonchev–Trinajstić information content (AvgIpc) is 2.09. The lowest BCUT2D eigenvalue weighted by Crippen LogP contribution is -1.73. The monoisotopic (exact) mass is 178 g/mol. The fourth-order valence-corrected chi connectivity index (χ4v) is 0.877. The van der Waals surface area contributed by atoms with Crippen LogP contribution in [0.4, 0.5) is 5.69 Å². The van der Waals surface area contributed by atoms with E-state index in [2.05, 4.69) is 4.99 Å². The number of hydrogen-bond donors (Lipinski definition) is 0. The Morgan fingerprint density at radius 3 is 2.83 bits per heavy atom. The summed E-state index contributed by atoms with van der Waals surface area (Å²) in [6, 6.07) is 6.39. The number of nitriles is 1. The normalized spacial score (nSPS) is 8.33. The average molecular weight is 179 g/mol. The Kier molecular flexibility index (Phi) is 2.60. The van der Waals surface area contributed by atoms with Gasteiger partial charge in [0, 0.05) is 0 Å². The fraction of sp³-hybridized carbons (Fsp3) is 0. The van der Waals surface area contributed by atoms with E-state index in [0.717, 1.165) is 0 Å². The first-order valence-electron chi connectivity index (χ1n) is 3.05.